The molecule has 1 heterocycles. The van der Waals surface area contributed by atoms with Gasteiger partial charge in [0.05, 0.1) is 18.4 Å². The van der Waals surface area contributed by atoms with E-state index in [1.165, 1.54) is 12.8 Å². The van der Waals surface area contributed by atoms with Crippen LogP contribution in [0.4, 0.5) is 5.69 Å². The largest absolute Gasteiger partial charge is 0.374 e. The van der Waals surface area contributed by atoms with Gasteiger partial charge in [0.2, 0.25) is 5.91 Å². The van der Waals surface area contributed by atoms with Crippen molar-refractivity contribution in [2.75, 3.05) is 18.4 Å². The van der Waals surface area contributed by atoms with Crippen molar-refractivity contribution in [2.24, 2.45) is 13.0 Å². The van der Waals surface area contributed by atoms with Crippen molar-refractivity contribution in [1.82, 2.24) is 15.1 Å². The summed E-state index contributed by atoms with van der Waals surface area (Å²) in [4.78, 5) is 11.4. The Bertz CT molecular complexity index is 343. The molecule has 0 aliphatic heterocycles. The second-order valence-corrected chi connectivity index (χ2v) is 4.00. The van der Waals surface area contributed by atoms with Crippen LogP contribution in [0.25, 0.3) is 0 Å². The molecule has 0 saturated heterocycles. The van der Waals surface area contributed by atoms with Crippen LogP contribution in [-0.4, -0.2) is 28.8 Å². The molecule has 0 atom stereocenters. The maximum absolute atomic E-state index is 11.4. The van der Waals surface area contributed by atoms with Crippen molar-refractivity contribution in [3.05, 3.63) is 12.4 Å². The highest BCUT2D eigenvalue weighted by Crippen LogP contribution is 2.27. The quantitative estimate of drug-likeness (QED) is 0.734. The van der Waals surface area contributed by atoms with Gasteiger partial charge >= 0.3 is 0 Å². The zero-order valence-corrected chi connectivity index (χ0v) is 8.86. The number of anilines is 1. The summed E-state index contributed by atoms with van der Waals surface area (Å²) >= 11 is 0. The van der Waals surface area contributed by atoms with Gasteiger partial charge in [-0.05, 0) is 18.8 Å². The van der Waals surface area contributed by atoms with Crippen molar-refractivity contribution >= 4 is 11.6 Å². The van der Waals surface area contributed by atoms with Gasteiger partial charge in [-0.3, -0.25) is 9.48 Å². The van der Waals surface area contributed by atoms with Crippen LogP contribution in [0.1, 0.15) is 12.8 Å². The molecule has 1 saturated carbocycles. The van der Waals surface area contributed by atoms with E-state index in [-0.39, 0.29) is 5.91 Å². The molecule has 82 valence electrons. The van der Waals surface area contributed by atoms with E-state index in [0.29, 0.717) is 6.54 Å². The summed E-state index contributed by atoms with van der Waals surface area (Å²) in [6.07, 6.45) is 6.06. The number of aromatic nitrogens is 2. The van der Waals surface area contributed by atoms with Gasteiger partial charge in [-0.1, -0.05) is 0 Å². The lowest BCUT2D eigenvalue weighted by Gasteiger charge is -2.04. The Morgan fingerprint density at radius 2 is 2.47 bits per heavy atom. The number of carbonyl (C=O) groups excluding carboxylic acids is 1. The minimum atomic E-state index is 0.0470. The van der Waals surface area contributed by atoms with Gasteiger partial charge in [-0.2, -0.15) is 5.10 Å². The van der Waals surface area contributed by atoms with Gasteiger partial charge in [0.25, 0.3) is 0 Å². The van der Waals surface area contributed by atoms with Crippen LogP contribution in [0.2, 0.25) is 0 Å². The molecule has 1 aromatic heterocycles. The SMILES string of the molecule is Cn1cc(NCC(=O)NCC2CC2)cn1. The Morgan fingerprint density at radius 1 is 1.67 bits per heavy atom. The molecule has 0 aromatic carbocycles. The molecule has 0 radical (unpaired) electrons. The summed E-state index contributed by atoms with van der Waals surface area (Å²) < 4.78 is 1.70. The first-order valence-corrected chi connectivity index (χ1v) is 5.23. The minimum absolute atomic E-state index is 0.0470. The number of hydrogen-bond acceptors (Lipinski definition) is 3. The molecular weight excluding hydrogens is 192 g/mol. The van der Waals surface area contributed by atoms with Gasteiger partial charge < -0.3 is 10.6 Å². The lowest BCUT2D eigenvalue weighted by molar-refractivity contribution is -0.119. The average Bonchev–Trinajstić information content (AvgIpc) is 2.95. The van der Waals surface area contributed by atoms with Gasteiger partial charge in [-0.25, -0.2) is 0 Å². The predicted molar refractivity (Wildman–Crippen MR) is 57.4 cm³/mol. The predicted octanol–water partition coefficient (Wildman–Crippen LogP) is 0.358. The van der Waals surface area contributed by atoms with Crippen molar-refractivity contribution in [3.63, 3.8) is 0 Å². The van der Waals surface area contributed by atoms with Crippen LogP contribution >= 0.6 is 0 Å². The number of aryl methyl sites for hydroxylation is 1. The van der Waals surface area contributed by atoms with Crippen LogP contribution in [0.15, 0.2) is 12.4 Å². The smallest absolute Gasteiger partial charge is 0.239 e. The topological polar surface area (TPSA) is 59.0 Å². The molecule has 0 spiro atoms. The maximum Gasteiger partial charge on any atom is 0.239 e. The highest BCUT2D eigenvalue weighted by atomic mass is 16.1. The summed E-state index contributed by atoms with van der Waals surface area (Å²) in [6, 6.07) is 0. The lowest BCUT2D eigenvalue weighted by Crippen LogP contribution is -2.31. The molecule has 5 heteroatoms. The van der Waals surface area contributed by atoms with E-state index in [2.05, 4.69) is 15.7 Å². The Labute approximate surface area is 88.8 Å². The van der Waals surface area contributed by atoms with Gasteiger partial charge in [0.1, 0.15) is 0 Å². The zero-order valence-electron chi connectivity index (χ0n) is 8.86. The third-order valence-electron chi connectivity index (χ3n) is 2.44. The Morgan fingerprint density at radius 3 is 3.07 bits per heavy atom. The molecular formula is C10H16N4O. The van der Waals surface area contributed by atoms with Crippen LogP contribution in [-0.2, 0) is 11.8 Å². The molecule has 1 aromatic rings. The highest BCUT2D eigenvalue weighted by molar-refractivity contribution is 5.80. The number of hydrogen-bond donors (Lipinski definition) is 2. The van der Waals surface area contributed by atoms with Gasteiger partial charge in [0.15, 0.2) is 0 Å². The second-order valence-electron chi connectivity index (χ2n) is 4.00. The number of carbonyl (C=O) groups is 1. The highest BCUT2D eigenvalue weighted by Gasteiger charge is 2.21. The zero-order chi connectivity index (χ0) is 10.7. The second kappa shape index (κ2) is 4.33. The summed E-state index contributed by atoms with van der Waals surface area (Å²) in [6.45, 7) is 1.14. The van der Waals surface area contributed by atoms with Crippen molar-refractivity contribution in [2.45, 2.75) is 12.8 Å². The maximum atomic E-state index is 11.4. The van der Waals surface area contributed by atoms with E-state index in [0.717, 1.165) is 18.2 Å². The van der Waals surface area contributed by atoms with Crippen molar-refractivity contribution < 1.29 is 4.79 Å². The molecule has 1 fully saturated rings. The van der Waals surface area contributed by atoms with Crippen LogP contribution in [0.5, 0.6) is 0 Å². The first-order valence-electron chi connectivity index (χ1n) is 5.23. The van der Waals surface area contributed by atoms with Crippen LogP contribution in [0.3, 0.4) is 0 Å². The fourth-order valence-electron chi connectivity index (χ4n) is 1.34. The number of amides is 1. The molecule has 15 heavy (non-hydrogen) atoms. The average molecular weight is 208 g/mol. The minimum Gasteiger partial charge on any atom is -0.374 e. The lowest BCUT2D eigenvalue weighted by atomic mass is 10.4. The summed E-state index contributed by atoms with van der Waals surface area (Å²) in [5.41, 5.74) is 0.874. The Kier molecular flexibility index (Phi) is 2.89. The van der Waals surface area contributed by atoms with Crippen molar-refractivity contribution in [3.8, 4) is 0 Å². The molecule has 1 aliphatic rings. The van der Waals surface area contributed by atoms with E-state index in [1.54, 1.807) is 10.9 Å². The van der Waals surface area contributed by atoms with Gasteiger partial charge in [0, 0.05) is 19.8 Å². The number of nitrogens with one attached hydrogen (secondary N) is 2. The first-order chi connectivity index (χ1) is 7.24. The Hall–Kier alpha value is -1.52. The molecule has 1 aliphatic carbocycles. The van der Waals surface area contributed by atoms with Crippen LogP contribution in [0, 0.1) is 5.92 Å². The first kappa shape index (κ1) is 10.0. The van der Waals surface area contributed by atoms with E-state index >= 15 is 0 Å². The summed E-state index contributed by atoms with van der Waals surface area (Å²) in [5, 5.41) is 9.91. The molecule has 5 nitrogen and oxygen atoms in total. The molecule has 2 N–H and O–H groups in total. The third kappa shape index (κ3) is 3.27. The monoisotopic (exact) mass is 208 g/mol. The molecule has 2 rings (SSSR count). The molecule has 1 amide bonds. The fourth-order valence-corrected chi connectivity index (χ4v) is 1.34. The number of nitrogens with zero attached hydrogens (tertiary/aromatic N) is 2. The van der Waals surface area contributed by atoms with Gasteiger partial charge in [-0.15, -0.1) is 0 Å². The number of rotatable bonds is 5. The van der Waals surface area contributed by atoms with E-state index in [9.17, 15) is 4.79 Å². The summed E-state index contributed by atoms with van der Waals surface area (Å²) in [5.74, 6) is 0.776. The van der Waals surface area contributed by atoms with Crippen LogP contribution < -0.4 is 10.6 Å². The standard InChI is InChI=1S/C10H16N4O/c1-14-7-9(5-13-14)11-6-10(15)12-4-8-2-3-8/h5,7-8,11H,2-4,6H2,1H3,(H,12,15). The normalized spacial score (nSPS) is 15.0. The summed E-state index contributed by atoms with van der Waals surface area (Å²) in [7, 11) is 1.85. The molecule has 0 bridgehead atoms. The van der Waals surface area contributed by atoms with E-state index in [1.807, 2.05) is 13.2 Å². The Balaban J connectivity index is 1.65. The fraction of sp³-hybridized carbons (Fsp3) is 0.600. The third-order valence-corrected chi connectivity index (χ3v) is 2.44. The van der Waals surface area contributed by atoms with Crippen molar-refractivity contribution in [1.29, 1.82) is 0 Å². The van der Waals surface area contributed by atoms with E-state index < -0.39 is 0 Å². The molecule has 0 unspecified atom stereocenters. The van der Waals surface area contributed by atoms with E-state index in [4.69, 9.17) is 0 Å².